The number of nitrogens with one attached hydrogen (secondary N) is 2. The van der Waals surface area contributed by atoms with E-state index in [2.05, 4.69) is 31.2 Å². The molecule has 4 atom stereocenters. The van der Waals surface area contributed by atoms with Crippen molar-refractivity contribution in [1.82, 2.24) is 19.3 Å². The zero-order valence-electron chi connectivity index (χ0n) is 19.2. The summed E-state index contributed by atoms with van der Waals surface area (Å²) in [5.74, 6) is -0.285. The standard InChI is InChI=1S/C23H25BrFN5O5S/c1-26-36(33,34)35-19-10-18(20(25)22(19)32)29-23-17(11-27-13-28-23)21(31)15-6-8-30(12-15)7-5-14-3-2-4-16(24)9-14/h2-4,6,8-9,11-13,18-20,22,26,32H,5,7,10H2,1H3,(H,27,28,29)/t18-,19-,20-,22-/m1/s1. The molecule has 0 amide bonds. The smallest absolute Gasteiger partial charge is 0.335 e. The van der Waals surface area contributed by atoms with E-state index < -0.39 is 34.7 Å². The van der Waals surface area contributed by atoms with Crippen LogP contribution in [0.2, 0.25) is 0 Å². The molecular formula is C23H25BrFN5O5S. The SMILES string of the molecule is CNS(=O)(=O)O[C@@H]1C[C@@H](Nc2ncncc2C(=O)c2ccn(CCc3cccc(Br)c3)c2)[C@@H](F)[C@@H]1O. The lowest BCUT2D eigenvalue weighted by Gasteiger charge is -2.17. The number of benzene rings is 1. The number of hydrogen-bond donors (Lipinski definition) is 3. The number of rotatable bonds is 10. The molecule has 0 saturated heterocycles. The Balaban J connectivity index is 1.45. The summed E-state index contributed by atoms with van der Waals surface area (Å²) in [7, 11) is -2.98. The molecule has 0 radical (unpaired) electrons. The molecule has 1 saturated carbocycles. The summed E-state index contributed by atoms with van der Waals surface area (Å²) in [5, 5.41) is 13.0. The van der Waals surface area contributed by atoms with Gasteiger partial charge in [-0.2, -0.15) is 13.1 Å². The topological polar surface area (TPSA) is 135 Å². The van der Waals surface area contributed by atoms with Crippen LogP contribution in [0.4, 0.5) is 10.2 Å². The van der Waals surface area contributed by atoms with E-state index in [4.69, 9.17) is 4.18 Å². The number of aliphatic hydroxyl groups is 1. The van der Waals surface area contributed by atoms with Crippen molar-refractivity contribution in [3.05, 3.63) is 76.4 Å². The largest absolute Gasteiger partial charge is 0.387 e. The molecule has 13 heteroatoms. The Morgan fingerprint density at radius 1 is 1.36 bits per heavy atom. The summed E-state index contributed by atoms with van der Waals surface area (Å²) in [4.78, 5) is 21.2. The van der Waals surface area contributed by atoms with Crippen LogP contribution >= 0.6 is 15.9 Å². The lowest BCUT2D eigenvalue weighted by molar-refractivity contribution is 0.0248. The van der Waals surface area contributed by atoms with Gasteiger partial charge in [0.25, 0.3) is 0 Å². The van der Waals surface area contributed by atoms with Gasteiger partial charge in [0, 0.05) is 48.6 Å². The minimum Gasteiger partial charge on any atom is -0.387 e. The molecule has 192 valence electrons. The molecular weight excluding hydrogens is 557 g/mol. The lowest BCUT2D eigenvalue weighted by Crippen LogP contribution is -2.35. The third-order valence-electron chi connectivity index (χ3n) is 5.92. The number of aliphatic hydroxyl groups excluding tert-OH is 1. The summed E-state index contributed by atoms with van der Waals surface area (Å²) < 4.78 is 47.8. The minimum atomic E-state index is -4.12. The average molecular weight is 582 g/mol. The molecule has 3 N–H and O–H groups in total. The molecule has 0 spiro atoms. The van der Waals surface area contributed by atoms with Gasteiger partial charge in [0.1, 0.15) is 30.5 Å². The van der Waals surface area contributed by atoms with Crippen LogP contribution in [0.15, 0.2) is 59.7 Å². The minimum absolute atomic E-state index is 0.0776. The van der Waals surface area contributed by atoms with Crippen LogP contribution in [0.5, 0.6) is 0 Å². The predicted molar refractivity (Wildman–Crippen MR) is 134 cm³/mol. The number of alkyl halides is 1. The summed E-state index contributed by atoms with van der Waals surface area (Å²) in [6, 6.07) is 8.64. The van der Waals surface area contributed by atoms with Gasteiger partial charge in [-0.15, -0.1) is 0 Å². The zero-order chi connectivity index (χ0) is 25.9. The molecule has 1 aromatic carbocycles. The van der Waals surface area contributed by atoms with E-state index in [0.717, 1.165) is 23.5 Å². The van der Waals surface area contributed by atoms with E-state index in [-0.39, 0.29) is 23.6 Å². The second-order valence-electron chi connectivity index (χ2n) is 8.35. The molecule has 0 aliphatic heterocycles. The summed E-state index contributed by atoms with van der Waals surface area (Å²) in [5.41, 5.74) is 1.68. The first-order chi connectivity index (χ1) is 17.2. The predicted octanol–water partition coefficient (Wildman–Crippen LogP) is 2.25. The number of aromatic nitrogens is 3. The van der Waals surface area contributed by atoms with Crippen molar-refractivity contribution in [2.45, 2.75) is 43.8 Å². The molecule has 1 aliphatic carbocycles. The number of aryl methyl sites for hydroxylation is 2. The number of anilines is 1. The molecule has 3 aromatic rings. The Morgan fingerprint density at radius 2 is 2.17 bits per heavy atom. The van der Waals surface area contributed by atoms with Gasteiger partial charge < -0.3 is 15.0 Å². The monoisotopic (exact) mass is 581 g/mol. The van der Waals surface area contributed by atoms with Gasteiger partial charge in [-0.05, 0) is 30.2 Å². The highest BCUT2D eigenvalue weighted by atomic mass is 79.9. The highest BCUT2D eigenvalue weighted by Crippen LogP contribution is 2.30. The maximum atomic E-state index is 14.8. The molecule has 10 nitrogen and oxygen atoms in total. The molecule has 0 bridgehead atoms. The van der Waals surface area contributed by atoms with Gasteiger partial charge in [-0.25, -0.2) is 14.4 Å². The molecule has 2 aromatic heterocycles. The second-order valence-corrected chi connectivity index (χ2v) is 10.8. The highest BCUT2D eigenvalue weighted by Gasteiger charge is 2.46. The first kappa shape index (κ1) is 26.4. The second kappa shape index (κ2) is 11.1. The van der Waals surface area contributed by atoms with E-state index in [1.165, 1.54) is 12.5 Å². The molecule has 36 heavy (non-hydrogen) atoms. The van der Waals surface area contributed by atoms with Crippen LogP contribution < -0.4 is 10.0 Å². The third-order valence-corrected chi connectivity index (χ3v) is 7.41. The fraction of sp³-hybridized carbons (Fsp3) is 0.348. The van der Waals surface area contributed by atoms with E-state index in [1.807, 2.05) is 33.6 Å². The van der Waals surface area contributed by atoms with E-state index in [9.17, 15) is 22.7 Å². The maximum absolute atomic E-state index is 14.8. The van der Waals surface area contributed by atoms with Gasteiger partial charge in [-0.1, -0.05) is 28.1 Å². The summed E-state index contributed by atoms with van der Waals surface area (Å²) >= 11 is 3.46. The Labute approximate surface area is 216 Å². The summed E-state index contributed by atoms with van der Waals surface area (Å²) in [6.45, 7) is 0.667. The van der Waals surface area contributed by atoms with E-state index >= 15 is 0 Å². The van der Waals surface area contributed by atoms with Crippen molar-refractivity contribution < 1.29 is 26.9 Å². The van der Waals surface area contributed by atoms with E-state index in [0.29, 0.717) is 12.1 Å². The normalized spacial score (nSPS) is 22.0. The van der Waals surface area contributed by atoms with Crippen LogP contribution in [-0.2, 0) is 27.5 Å². The van der Waals surface area contributed by atoms with Gasteiger partial charge in [0.2, 0.25) is 0 Å². The molecule has 0 unspecified atom stereocenters. The van der Waals surface area contributed by atoms with Crippen molar-refractivity contribution in [2.75, 3.05) is 12.4 Å². The van der Waals surface area contributed by atoms with Gasteiger partial charge >= 0.3 is 10.3 Å². The maximum Gasteiger partial charge on any atom is 0.335 e. The quantitative estimate of drug-likeness (QED) is 0.310. The average Bonchev–Trinajstić information content (AvgIpc) is 3.43. The number of carbonyl (C=O) groups is 1. The fourth-order valence-corrected chi connectivity index (χ4v) is 5.08. The van der Waals surface area contributed by atoms with E-state index in [1.54, 1.807) is 18.5 Å². The molecule has 1 fully saturated rings. The van der Waals surface area contributed by atoms with Crippen molar-refractivity contribution in [3.8, 4) is 0 Å². The van der Waals surface area contributed by atoms with Crippen molar-refractivity contribution in [3.63, 3.8) is 0 Å². The zero-order valence-corrected chi connectivity index (χ0v) is 21.6. The van der Waals surface area contributed by atoms with Gasteiger partial charge in [-0.3, -0.25) is 8.98 Å². The van der Waals surface area contributed by atoms with Crippen LogP contribution in [0.3, 0.4) is 0 Å². The Morgan fingerprint density at radius 3 is 2.92 bits per heavy atom. The van der Waals surface area contributed by atoms with Crippen LogP contribution in [0.1, 0.15) is 27.9 Å². The van der Waals surface area contributed by atoms with Crippen LogP contribution in [0, 0.1) is 0 Å². The van der Waals surface area contributed by atoms with Crippen molar-refractivity contribution in [2.24, 2.45) is 0 Å². The molecule has 4 rings (SSSR count). The number of ketones is 1. The molecule has 2 heterocycles. The Bertz CT molecular complexity index is 1340. The first-order valence-electron chi connectivity index (χ1n) is 11.1. The highest BCUT2D eigenvalue weighted by molar-refractivity contribution is 9.10. The van der Waals surface area contributed by atoms with Crippen molar-refractivity contribution >= 4 is 37.8 Å². The van der Waals surface area contributed by atoms with Crippen molar-refractivity contribution in [1.29, 1.82) is 0 Å². The number of halogens is 2. The molecule has 1 aliphatic rings. The Hall–Kier alpha value is -2.71. The van der Waals surface area contributed by atoms with Gasteiger partial charge in [0.05, 0.1) is 11.6 Å². The number of carbonyl (C=O) groups excluding carboxylic acids is 1. The van der Waals surface area contributed by atoms with Crippen LogP contribution in [0.25, 0.3) is 0 Å². The van der Waals surface area contributed by atoms with Crippen LogP contribution in [-0.4, -0.2) is 65.3 Å². The summed E-state index contributed by atoms with van der Waals surface area (Å²) in [6.07, 6.45) is 1.86. The first-order valence-corrected chi connectivity index (χ1v) is 13.3. The third kappa shape index (κ3) is 6.16. The lowest BCUT2D eigenvalue weighted by atomic mass is 10.1. The number of hydrogen-bond acceptors (Lipinski definition) is 8. The Kier molecular flexibility index (Phi) is 8.15. The number of nitrogens with zero attached hydrogens (tertiary/aromatic N) is 3. The van der Waals surface area contributed by atoms with Gasteiger partial charge in [0.15, 0.2) is 5.78 Å². The fourth-order valence-electron chi connectivity index (χ4n) is 4.02.